The first-order chi connectivity index (χ1) is 8.09. The molecule has 0 atom stereocenters. The number of nitrogens with zero attached hydrogens (tertiary/aromatic N) is 2. The standard InChI is InChI=1S/C11H14BrF3N2O/c1-10(2,6-18)17(3)9-8(11(13,14)15)4-7(12)5-16-9/h4-5,18H,6H2,1-3H3. The van der Waals surface area contributed by atoms with Crippen molar-refractivity contribution in [3.8, 4) is 0 Å². The third kappa shape index (κ3) is 3.14. The summed E-state index contributed by atoms with van der Waals surface area (Å²) in [5, 5.41) is 9.21. The SMILES string of the molecule is CN(c1ncc(Br)cc1C(F)(F)F)C(C)(C)CO. The minimum Gasteiger partial charge on any atom is -0.394 e. The summed E-state index contributed by atoms with van der Waals surface area (Å²) in [6.07, 6.45) is -3.19. The predicted molar refractivity (Wildman–Crippen MR) is 66.5 cm³/mol. The van der Waals surface area contributed by atoms with Crippen LogP contribution >= 0.6 is 15.9 Å². The zero-order chi connectivity index (χ0) is 14.1. The van der Waals surface area contributed by atoms with E-state index in [4.69, 9.17) is 0 Å². The van der Waals surface area contributed by atoms with Gasteiger partial charge in [-0.3, -0.25) is 0 Å². The molecule has 0 fully saturated rings. The molecule has 0 aliphatic carbocycles. The molecule has 0 saturated heterocycles. The lowest BCUT2D eigenvalue weighted by molar-refractivity contribution is -0.137. The quantitative estimate of drug-likeness (QED) is 0.927. The summed E-state index contributed by atoms with van der Waals surface area (Å²) in [7, 11) is 1.47. The highest BCUT2D eigenvalue weighted by atomic mass is 79.9. The van der Waals surface area contributed by atoms with Crippen LogP contribution in [-0.4, -0.2) is 29.3 Å². The Bertz CT molecular complexity index is 435. The van der Waals surface area contributed by atoms with Crippen LogP contribution in [0.2, 0.25) is 0 Å². The van der Waals surface area contributed by atoms with Crippen molar-refractivity contribution in [2.75, 3.05) is 18.6 Å². The van der Waals surface area contributed by atoms with E-state index in [0.717, 1.165) is 6.07 Å². The van der Waals surface area contributed by atoms with Crippen molar-refractivity contribution in [2.24, 2.45) is 0 Å². The average Bonchev–Trinajstić information content (AvgIpc) is 2.27. The van der Waals surface area contributed by atoms with Crippen molar-refractivity contribution >= 4 is 21.7 Å². The molecule has 0 radical (unpaired) electrons. The molecule has 102 valence electrons. The summed E-state index contributed by atoms with van der Waals surface area (Å²) in [5.41, 5.74) is -1.67. The Labute approximate surface area is 112 Å². The third-order valence-corrected chi connectivity index (χ3v) is 3.18. The minimum atomic E-state index is -4.49. The number of rotatable bonds is 3. The van der Waals surface area contributed by atoms with Crippen LogP contribution in [0.4, 0.5) is 19.0 Å². The number of aromatic nitrogens is 1. The number of likely N-dealkylation sites (N-methyl/N-ethyl adjacent to an activating group) is 1. The Morgan fingerprint density at radius 3 is 2.39 bits per heavy atom. The van der Waals surface area contributed by atoms with Gasteiger partial charge < -0.3 is 10.0 Å². The van der Waals surface area contributed by atoms with Crippen LogP contribution in [-0.2, 0) is 6.18 Å². The van der Waals surface area contributed by atoms with Crippen LogP contribution in [0.1, 0.15) is 19.4 Å². The molecule has 0 aliphatic rings. The van der Waals surface area contributed by atoms with Gasteiger partial charge in [0, 0.05) is 17.7 Å². The van der Waals surface area contributed by atoms with Gasteiger partial charge in [-0.15, -0.1) is 0 Å². The van der Waals surface area contributed by atoms with Crippen LogP contribution in [0, 0.1) is 0 Å². The first-order valence-corrected chi connectivity index (χ1v) is 5.96. The van der Waals surface area contributed by atoms with E-state index in [9.17, 15) is 18.3 Å². The number of halogens is 4. The highest BCUT2D eigenvalue weighted by Crippen LogP contribution is 2.38. The lowest BCUT2D eigenvalue weighted by Crippen LogP contribution is -2.45. The molecule has 0 saturated carbocycles. The summed E-state index contributed by atoms with van der Waals surface area (Å²) >= 11 is 2.98. The van der Waals surface area contributed by atoms with Crippen molar-refractivity contribution in [3.63, 3.8) is 0 Å². The van der Waals surface area contributed by atoms with Gasteiger partial charge in [-0.2, -0.15) is 13.2 Å². The second-order valence-corrected chi connectivity index (χ2v) is 5.47. The molecule has 1 aromatic heterocycles. The van der Waals surface area contributed by atoms with E-state index >= 15 is 0 Å². The molecule has 1 heterocycles. The first kappa shape index (κ1) is 15.2. The first-order valence-electron chi connectivity index (χ1n) is 5.17. The lowest BCUT2D eigenvalue weighted by atomic mass is 10.0. The highest BCUT2D eigenvalue weighted by Gasteiger charge is 2.38. The number of anilines is 1. The van der Waals surface area contributed by atoms with Gasteiger partial charge in [0.15, 0.2) is 0 Å². The van der Waals surface area contributed by atoms with Gasteiger partial charge >= 0.3 is 6.18 Å². The Balaban J connectivity index is 3.33. The number of hydrogen-bond acceptors (Lipinski definition) is 3. The van der Waals surface area contributed by atoms with Crippen LogP contribution in [0.3, 0.4) is 0 Å². The normalized spacial score (nSPS) is 12.7. The Kier molecular flexibility index (Phi) is 4.27. The molecule has 0 aromatic carbocycles. The molecule has 1 N–H and O–H groups in total. The summed E-state index contributed by atoms with van der Waals surface area (Å²) < 4.78 is 39.1. The topological polar surface area (TPSA) is 36.4 Å². The van der Waals surface area contributed by atoms with Crippen molar-refractivity contribution in [1.29, 1.82) is 0 Å². The average molecular weight is 327 g/mol. The molecule has 0 unspecified atom stereocenters. The maximum atomic E-state index is 12.9. The number of alkyl halides is 3. The fourth-order valence-electron chi connectivity index (χ4n) is 1.30. The van der Waals surface area contributed by atoms with Crippen LogP contribution < -0.4 is 4.90 Å². The largest absolute Gasteiger partial charge is 0.419 e. The summed E-state index contributed by atoms with van der Waals surface area (Å²) in [6.45, 7) is 2.99. The van der Waals surface area contributed by atoms with Crippen molar-refractivity contribution < 1.29 is 18.3 Å². The van der Waals surface area contributed by atoms with Crippen molar-refractivity contribution in [3.05, 3.63) is 22.3 Å². The molecule has 1 rings (SSSR count). The van der Waals surface area contributed by atoms with Crippen LogP contribution in [0.25, 0.3) is 0 Å². The zero-order valence-electron chi connectivity index (χ0n) is 10.2. The third-order valence-electron chi connectivity index (χ3n) is 2.75. The van der Waals surface area contributed by atoms with Gasteiger partial charge in [-0.05, 0) is 35.8 Å². The van der Waals surface area contributed by atoms with Gasteiger partial charge in [0.2, 0.25) is 0 Å². The van der Waals surface area contributed by atoms with E-state index < -0.39 is 17.3 Å². The fraction of sp³-hybridized carbons (Fsp3) is 0.545. The monoisotopic (exact) mass is 326 g/mol. The molecule has 0 spiro atoms. The maximum absolute atomic E-state index is 12.9. The minimum absolute atomic E-state index is 0.204. The Hall–Kier alpha value is -0.820. The number of hydrogen-bond donors (Lipinski definition) is 1. The zero-order valence-corrected chi connectivity index (χ0v) is 11.8. The van der Waals surface area contributed by atoms with Crippen molar-refractivity contribution in [1.82, 2.24) is 4.98 Å². The van der Waals surface area contributed by atoms with Crippen LogP contribution in [0.5, 0.6) is 0 Å². The molecular weight excluding hydrogens is 313 g/mol. The van der Waals surface area contributed by atoms with Gasteiger partial charge in [-0.1, -0.05) is 0 Å². The summed E-state index contributed by atoms with van der Waals surface area (Å²) in [6, 6.07) is 0.978. The van der Waals surface area contributed by atoms with E-state index in [1.165, 1.54) is 18.1 Å². The van der Waals surface area contributed by atoms with E-state index in [1.54, 1.807) is 13.8 Å². The van der Waals surface area contributed by atoms with E-state index in [0.29, 0.717) is 0 Å². The molecule has 18 heavy (non-hydrogen) atoms. The summed E-state index contributed by atoms with van der Waals surface area (Å²) in [4.78, 5) is 5.13. The number of aliphatic hydroxyl groups is 1. The van der Waals surface area contributed by atoms with Gasteiger partial charge in [0.05, 0.1) is 17.7 Å². The molecule has 1 aromatic rings. The molecule has 3 nitrogen and oxygen atoms in total. The van der Waals surface area contributed by atoms with Gasteiger partial charge in [-0.25, -0.2) is 4.98 Å². The highest BCUT2D eigenvalue weighted by molar-refractivity contribution is 9.10. The van der Waals surface area contributed by atoms with E-state index in [2.05, 4.69) is 20.9 Å². The number of aliphatic hydroxyl groups excluding tert-OH is 1. The molecule has 7 heteroatoms. The van der Waals surface area contributed by atoms with E-state index in [-0.39, 0.29) is 16.9 Å². The smallest absolute Gasteiger partial charge is 0.394 e. The second-order valence-electron chi connectivity index (χ2n) is 4.55. The van der Waals surface area contributed by atoms with Gasteiger partial charge in [0.1, 0.15) is 5.82 Å². The number of pyridine rings is 1. The maximum Gasteiger partial charge on any atom is 0.419 e. The summed E-state index contributed by atoms with van der Waals surface area (Å²) in [5.74, 6) is -0.204. The lowest BCUT2D eigenvalue weighted by Gasteiger charge is -2.36. The Morgan fingerprint density at radius 2 is 1.94 bits per heavy atom. The van der Waals surface area contributed by atoms with Gasteiger partial charge in [0.25, 0.3) is 0 Å². The molecular formula is C11H14BrF3N2O. The van der Waals surface area contributed by atoms with Crippen LogP contribution in [0.15, 0.2) is 16.7 Å². The fourth-order valence-corrected chi connectivity index (χ4v) is 1.63. The predicted octanol–water partition coefficient (Wildman–Crippen LogP) is 3.07. The second kappa shape index (κ2) is 5.05. The van der Waals surface area contributed by atoms with Crippen molar-refractivity contribution in [2.45, 2.75) is 25.6 Å². The molecule has 0 bridgehead atoms. The Morgan fingerprint density at radius 1 is 1.39 bits per heavy atom. The molecule has 0 aliphatic heterocycles. The van der Waals surface area contributed by atoms with E-state index in [1.807, 2.05) is 0 Å². The molecule has 0 amide bonds.